The molecule has 0 aromatic carbocycles. The second kappa shape index (κ2) is 7.68. The van der Waals surface area contributed by atoms with Crippen molar-refractivity contribution in [1.82, 2.24) is 14.7 Å². The molecule has 0 spiro atoms. The molecule has 0 radical (unpaired) electrons. The Bertz CT molecular complexity index is 372. The molecule has 1 aromatic heterocycles. The normalized spacial score (nSPS) is 11.5. The molecule has 0 fully saturated rings. The molecule has 0 saturated heterocycles. The number of hydrogen-bond acceptors (Lipinski definition) is 2. The number of nitrogens with zero attached hydrogens (tertiary/aromatic N) is 3. The van der Waals surface area contributed by atoms with Gasteiger partial charge in [-0.2, -0.15) is 5.10 Å². The molecule has 0 bridgehead atoms. The van der Waals surface area contributed by atoms with Crippen molar-refractivity contribution in [2.45, 2.75) is 66.8 Å². The van der Waals surface area contributed by atoms with Gasteiger partial charge in [0.1, 0.15) is 0 Å². The molecule has 0 aliphatic rings. The summed E-state index contributed by atoms with van der Waals surface area (Å²) >= 11 is 0. The average Bonchev–Trinajstić information content (AvgIpc) is 2.68. The molecular weight excluding hydrogens is 234 g/mol. The van der Waals surface area contributed by atoms with Crippen molar-refractivity contribution in [3.8, 4) is 0 Å². The van der Waals surface area contributed by atoms with E-state index in [4.69, 9.17) is 0 Å². The fraction of sp³-hybridized carbons (Fsp3) is 0.812. The molecule has 112 valence electrons. The highest BCUT2D eigenvalue weighted by molar-refractivity contribution is 5.33. The summed E-state index contributed by atoms with van der Waals surface area (Å²) in [5, 5.41) is 4.67. The van der Waals surface area contributed by atoms with Crippen LogP contribution in [0.5, 0.6) is 0 Å². The molecule has 0 amide bonds. The third-order valence-corrected chi connectivity index (χ3v) is 3.28. The van der Waals surface area contributed by atoms with Crippen LogP contribution in [0.25, 0.3) is 0 Å². The first-order valence-corrected chi connectivity index (χ1v) is 7.55. The summed E-state index contributed by atoms with van der Waals surface area (Å²) < 4.78 is 2.06. The van der Waals surface area contributed by atoms with Crippen molar-refractivity contribution in [1.29, 1.82) is 0 Å². The molecule has 3 heteroatoms. The van der Waals surface area contributed by atoms with Gasteiger partial charge in [0, 0.05) is 19.2 Å². The summed E-state index contributed by atoms with van der Waals surface area (Å²) in [4.78, 5) is 2.33. The van der Waals surface area contributed by atoms with Gasteiger partial charge in [0.25, 0.3) is 0 Å². The molecule has 0 N–H and O–H groups in total. The summed E-state index contributed by atoms with van der Waals surface area (Å²) in [6.45, 7) is 17.2. The van der Waals surface area contributed by atoms with Crippen LogP contribution in [-0.4, -0.2) is 28.3 Å². The Morgan fingerprint density at radius 2 is 1.68 bits per heavy atom. The van der Waals surface area contributed by atoms with Crippen LogP contribution in [-0.2, 0) is 25.4 Å². The molecule has 3 nitrogen and oxygen atoms in total. The monoisotopic (exact) mass is 267 g/mol. The van der Waals surface area contributed by atoms with Crippen molar-refractivity contribution in [3.63, 3.8) is 0 Å². The third-order valence-electron chi connectivity index (χ3n) is 3.28. The van der Waals surface area contributed by atoms with E-state index in [1.807, 2.05) is 13.8 Å². The number of rotatable bonds is 4. The van der Waals surface area contributed by atoms with Gasteiger partial charge in [-0.25, -0.2) is 0 Å². The van der Waals surface area contributed by atoms with Crippen molar-refractivity contribution in [2.24, 2.45) is 7.05 Å². The zero-order chi connectivity index (χ0) is 15.2. The minimum Gasteiger partial charge on any atom is -0.301 e. The largest absolute Gasteiger partial charge is 0.301 e. The highest BCUT2D eigenvalue weighted by Crippen LogP contribution is 2.30. The first kappa shape index (κ1) is 18.2. The van der Waals surface area contributed by atoms with E-state index in [1.54, 1.807) is 0 Å². The van der Waals surface area contributed by atoms with Crippen LogP contribution in [0.2, 0.25) is 0 Å². The molecule has 0 unspecified atom stereocenters. The van der Waals surface area contributed by atoms with E-state index >= 15 is 0 Å². The Kier molecular flexibility index (Phi) is 7.35. The second-order valence-electron chi connectivity index (χ2n) is 5.83. The second-order valence-corrected chi connectivity index (χ2v) is 5.83. The number of hydrogen-bond donors (Lipinski definition) is 0. The maximum atomic E-state index is 4.67. The third kappa shape index (κ3) is 4.64. The predicted octanol–water partition coefficient (Wildman–Crippen LogP) is 3.76. The van der Waals surface area contributed by atoms with Gasteiger partial charge in [0.05, 0.1) is 11.4 Å². The van der Waals surface area contributed by atoms with Gasteiger partial charge in [-0.05, 0) is 25.4 Å². The van der Waals surface area contributed by atoms with Gasteiger partial charge in [0.2, 0.25) is 0 Å². The number of aryl methyl sites for hydroxylation is 2. The topological polar surface area (TPSA) is 21.1 Å². The smallest absolute Gasteiger partial charge is 0.0662 e. The summed E-state index contributed by atoms with van der Waals surface area (Å²) in [6, 6.07) is 0. The SMILES string of the molecule is CC.CCc1nn(C)c(CN(C)CC)c1C(C)(C)C. The highest BCUT2D eigenvalue weighted by atomic mass is 15.3. The molecule has 0 atom stereocenters. The van der Waals surface area contributed by atoms with Gasteiger partial charge in [-0.3, -0.25) is 4.68 Å². The molecule has 1 heterocycles. The predicted molar refractivity (Wildman–Crippen MR) is 84.6 cm³/mol. The lowest BCUT2D eigenvalue weighted by molar-refractivity contribution is 0.331. The van der Waals surface area contributed by atoms with Crippen LogP contribution in [0.1, 0.15) is 65.4 Å². The summed E-state index contributed by atoms with van der Waals surface area (Å²) in [7, 11) is 4.22. The summed E-state index contributed by atoms with van der Waals surface area (Å²) in [5.74, 6) is 0. The van der Waals surface area contributed by atoms with Crippen LogP contribution in [0.4, 0.5) is 0 Å². The van der Waals surface area contributed by atoms with Gasteiger partial charge < -0.3 is 4.90 Å². The van der Waals surface area contributed by atoms with E-state index in [1.165, 1.54) is 17.0 Å². The minimum atomic E-state index is 0.170. The van der Waals surface area contributed by atoms with Crippen molar-refractivity contribution in [2.75, 3.05) is 13.6 Å². The Morgan fingerprint density at radius 3 is 2.05 bits per heavy atom. The van der Waals surface area contributed by atoms with Gasteiger partial charge in [0.15, 0.2) is 0 Å². The quantitative estimate of drug-likeness (QED) is 0.828. The lowest BCUT2D eigenvalue weighted by Gasteiger charge is -2.23. The first-order valence-electron chi connectivity index (χ1n) is 7.55. The van der Waals surface area contributed by atoms with Crippen molar-refractivity contribution >= 4 is 0 Å². The lowest BCUT2D eigenvalue weighted by atomic mass is 9.84. The molecular formula is C16H33N3. The Morgan fingerprint density at radius 1 is 1.16 bits per heavy atom. The van der Waals surface area contributed by atoms with Gasteiger partial charge >= 0.3 is 0 Å². The minimum absolute atomic E-state index is 0.170. The zero-order valence-electron chi connectivity index (χ0n) is 14.5. The van der Waals surface area contributed by atoms with Crippen molar-refractivity contribution in [3.05, 3.63) is 17.0 Å². The Labute approximate surface area is 120 Å². The van der Waals surface area contributed by atoms with E-state index in [9.17, 15) is 0 Å². The Balaban J connectivity index is 0.00000154. The summed E-state index contributed by atoms with van der Waals surface area (Å²) in [5.41, 5.74) is 4.21. The van der Waals surface area contributed by atoms with Crippen LogP contribution in [0.15, 0.2) is 0 Å². The van der Waals surface area contributed by atoms with Crippen LogP contribution >= 0.6 is 0 Å². The maximum Gasteiger partial charge on any atom is 0.0662 e. The van der Waals surface area contributed by atoms with Crippen LogP contribution < -0.4 is 0 Å². The Hall–Kier alpha value is -0.830. The zero-order valence-corrected chi connectivity index (χ0v) is 14.5. The lowest BCUT2D eigenvalue weighted by Crippen LogP contribution is -2.23. The highest BCUT2D eigenvalue weighted by Gasteiger charge is 2.26. The van der Waals surface area contributed by atoms with E-state index in [2.05, 4.69) is 63.4 Å². The fourth-order valence-corrected chi connectivity index (χ4v) is 2.28. The molecule has 1 rings (SSSR count). The molecule has 0 aliphatic carbocycles. The standard InChI is InChI=1S/C14H27N3.C2H6/c1-8-11-13(14(3,4)5)12(17(7)15-11)10-16(6)9-2;1-2/h8-10H2,1-7H3;1-2H3. The van der Waals surface area contributed by atoms with Crippen LogP contribution in [0.3, 0.4) is 0 Å². The summed E-state index contributed by atoms with van der Waals surface area (Å²) in [6.07, 6.45) is 1.01. The average molecular weight is 267 g/mol. The van der Waals surface area contributed by atoms with E-state index < -0.39 is 0 Å². The van der Waals surface area contributed by atoms with E-state index in [0.29, 0.717) is 0 Å². The van der Waals surface area contributed by atoms with E-state index in [0.717, 1.165) is 19.5 Å². The van der Waals surface area contributed by atoms with Crippen LogP contribution in [0, 0.1) is 0 Å². The number of aromatic nitrogens is 2. The maximum absolute atomic E-state index is 4.67. The van der Waals surface area contributed by atoms with Gasteiger partial charge in [-0.15, -0.1) is 0 Å². The fourth-order valence-electron chi connectivity index (χ4n) is 2.28. The molecule has 0 saturated carbocycles. The van der Waals surface area contributed by atoms with Gasteiger partial charge in [-0.1, -0.05) is 48.5 Å². The molecule has 0 aliphatic heterocycles. The molecule has 19 heavy (non-hydrogen) atoms. The van der Waals surface area contributed by atoms with E-state index in [-0.39, 0.29) is 5.41 Å². The van der Waals surface area contributed by atoms with Crippen molar-refractivity contribution < 1.29 is 0 Å². The molecule has 1 aromatic rings. The first-order chi connectivity index (χ1) is 8.81.